The first kappa shape index (κ1) is 20.4. The Bertz CT molecular complexity index is 812. The molecule has 8 nitrogen and oxygen atoms in total. The number of methoxy groups -OCH3 is 1. The van der Waals surface area contributed by atoms with Crippen molar-refractivity contribution in [2.75, 3.05) is 34.5 Å². The number of hydrogen-bond donors (Lipinski definition) is 0. The van der Waals surface area contributed by atoms with Crippen molar-refractivity contribution in [1.82, 2.24) is 9.47 Å². The Morgan fingerprint density at radius 1 is 1.22 bits per heavy atom. The van der Waals surface area contributed by atoms with Gasteiger partial charge in [0.05, 0.1) is 19.0 Å². The van der Waals surface area contributed by atoms with Crippen LogP contribution >= 0.6 is 0 Å². The molecule has 0 fully saturated rings. The predicted molar refractivity (Wildman–Crippen MR) is 98.9 cm³/mol. The van der Waals surface area contributed by atoms with Crippen LogP contribution in [0.2, 0.25) is 0 Å². The van der Waals surface area contributed by atoms with Crippen LogP contribution in [0.1, 0.15) is 18.4 Å². The second-order valence-electron chi connectivity index (χ2n) is 6.21. The molecule has 27 heavy (non-hydrogen) atoms. The molecule has 1 aromatic heterocycles. The van der Waals surface area contributed by atoms with E-state index in [9.17, 15) is 14.4 Å². The predicted octanol–water partition coefficient (Wildman–Crippen LogP) is 2.22. The largest absolute Gasteiger partial charge is 0.497 e. The maximum absolute atomic E-state index is 12.4. The summed E-state index contributed by atoms with van der Waals surface area (Å²) in [7, 11) is 5.55. The monoisotopic (exact) mass is 376 g/mol. The quantitative estimate of drug-likeness (QED) is 0.377. The van der Waals surface area contributed by atoms with Gasteiger partial charge in [0, 0.05) is 24.5 Å². The minimum atomic E-state index is -0.649. The van der Waals surface area contributed by atoms with Crippen LogP contribution < -0.4 is 4.74 Å². The van der Waals surface area contributed by atoms with E-state index >= 15 is 0 Å². The van der Waals surface area contributed by atoms with E-state index in [2.05, 4.69) is 4.90 Å². The molecule has 0 aliphatic carbocycles. The van der Waals surface area contributed by atoms with E-state index in [0.717, 1.165) is 23.9 Å². The van der Waals surface area contributed by atoms with Crippen LogP contribution in [0.25, 0.3) is 10.9 Å². The smallest absolute Gasteiger partial charge is 0.421 e. The third-order valence-electron chi connectivity index (χ3n) is 3.99. The number of esters is 1. The summed E-state index contributed by atoms with van der Waals surface area (Å²) in [5, 5.41) is 0.899. The molecule has 0 bridgehead atoms. The molecule has 0 aliphatic heterocycles. The van der Waals surface area contributed by atoms with Crippen LogP contribution in [-0.4, -0.2) is 62.4 Å². The van der Waals surface area contributed by atoms with E-state index in [1.807, 2.05) is 20.2 Å². The van der Waals surface area contributed by atoms with Crippen LogP contribution in [0, 0.1) is 0 Å². The highest BCUT2D eigenvalue weighted by molar-refractivity contribution is 5.92. The molecule has 146 valence electrons. The summed E-state index contributed by atoms with van der Waals surface area (Å²) in [5.41, 5.74) is 1.67. The number of nitrogens with zero attached hydrogens (tertiary/aromatic N) is 2. The fourth-order valence-corrected chi connectivity index (χ4v) is 2.56. The topological polar surface area (TPSA) is 87.1 Å². The van der Waals surface area contributed by atoms with Gasteiger partial charge in [-0.15, -0.1) is 0 Å². The Hall–Kier alpha value is -2.87. The van der Waals surface area contributed by atoms with Crippen molar-refractivity contribution in [1.29, 1.82) is 0 Å². The number of fused-ring (bicyclic) bond motifs is 1. The number of carbonyl (C=O) groups is 3. The van der Waals surface area contributed by atoms with Crippen molar-refractivity contribution in [3.05, 3.63) is 30.0 Å². The minimum Gasteiger partial charge on any atom is -0.497 e. The minimum absolute atomic E-state index is 0.0397. The molecule has 0 N–H and O–H groups in total. The number of rotatable bonds is 9. The zero-order chi connectivity index (χ0) is 19.8. The summed E-state index contributed by atoms with van der Waals surface area (Å²) >= 11 is 0. The van der Waals surface area contributed by atoms with Crippen molar-refractivity contribution >= 4 is 29.3 Å². The van der Waals surface area contributed by atoms with Gasteiger partial charge in [-0.3, -0.25) is 9.36 Å². The lowest BCUT2D eigenvalue weighted by Gasteiger charge is -2.08. The van der Waals surface area contributed by atoms with Crippen molar-refractivity contribution < 1.29 is 28.6 Å². The molecule has 0 saturated carbocycles. The zero-order valence-electron chi connectivity index (χ0n) is 15.8. The van der Waals surface area contributed by atoms with E-state index in [4.69, 9.17) is 14.2 Å². The molecule has 2 rings (SSSR count). The molecular weight excluding hydrogens is 352 g/mol. The zero-order valence-corrected chi connectivity index (χ0v) is 15.8. The number of likely N-dealkylation sites (N-methyl/N-ethyl adjacent to an activating group) is 1. The van der Waals surface area contributed by atoms with Gasteiger partial charge in [-0.25, -0.2) is 4.79 Å². The van der Waals surface area contributed by atoms with Crippen molar-refractivity contribution in [2.45, 2.75) is 19.3 Å². The number of ether oxygens (including phenoxy) is 3. The Labute approximate surface area is 157 Å². The van der Waals surface area contributed by atoms with Gasteiger partial charge in [-0.2, -0.15) is 0 Å². The van der Waals surface area contributed by atoms with Gasteiger partial charge in [0.1, 0.15) is 12.0 Å². The van der Waals surface area contributed by atoms with E-state index in [0.29, 0.717) is 17.6 Å². The number of aromatic nitrogens is 1. The Morgan fingerprint density at radius 3 is 2.67 bits per heavy atom. The van der Waals surface area contributed by atoms with Crippen molar-refractivity contribution in [3.63, 3.8) is 0 Å². The summed E-state index contributed by atoms with van der Waals surface area (Å²) in [6, 6.07) is 5.43. The highest BCUT2D eigenvalue weighted by Crippen LogP contribution is 2.26. The lowest BCUT2D eigenvalue weighted by Crippen LogP contribution is -2.17. The van der Waals surface area contributed by atoms with Gasteiger partial charge in [0.25, 0.3) is 0 Å². The molecule has 1 aromatic carbocycles. The third kappa shape index (κ3) is 5.55. The second kappa shape index (κ2) is 9.72. The number of hydrogen-bond acceptors (Lipinski definition) is 7. The third-order valence-corrected chi connectivity index (χ3v) is 3.99. The van der Waals surface area contributed by atoms with E-state index < -0.39 is 18.9 Å². The standard InChI is InChI=1S/C19H24N2O6/c1-20(2)9-8-14-12-21(17-7-6-15(25-3)11-16(14)17)19(24)27-13-26-18(23)5-4-10-22/h6-7,10-12H,4-5,8-9,13H2,1-3H3. The lowest BCUT2D eigenvalue weighted by molar-refractivity contribution is -0.152. The van der Waals surface area contributed by atoms with Crippen LogP contribution in [0.15, 0.2) is 24.4 Å². The molecule has 0 amide bonds. The lowest BCUT2D eigenvalue weighted by atomic mass is 10.1. The van der Waals surface area contributed by atoms with Crippen LogP contribution in [0.5, 0.6) is 5.75 Å². The maximum atomic E-state index is 12.4. The summed E-state index contributed by atoms with van der Waals surface area (Å²) in [4.78, 5) is 36.1. The molecule has 0 atom stereocenters. The normalized spacial score (nSPS) is 10.8. The van der Waals surface area contributed by atoms with E-state index in [1.165, 1.54) is 4.57 Å². The first-order valence-electron chi connectivity index (χ1n) is 8.55. The highest BCUT2D eigenvalue weighted by Gasteiger charge is 2.16. The number of carbonyl (C=O) groups excluding carboxylic acids is 3. The Morgan fingerprint density at radius 2 is 2.00 bits per heavy atom. The van der Waals surface area contributed by atoms with Crippen LogP contribution in [-0.2, 0) is 25.5 Å². The average molecular weight is 376 g/mol. The molecule has 0 spiro atoms. The van der Waals surface area contributed by atoms with Gasteiger partial charge in [0.2, 0.25) is 6.79 Å². The molecule has 2 aromatic rings. The van der Waals surface area contributed by atoms with Crippen molar-refractivity contribution in [2.24, 2.45) is 0 Å². The molecule has 8 heteroatoms. The van der Waals surface area contributed by atoms with E-state index in [-0.39, 0.29) is 12.8 Å². The van der Waals surface area contributed by atoms with Gasteiger partial charge < -0.3 is 23.9 Å². The number of aldehydes is 1. The fraction of sp³-hybridized carbons (Fsp3) is 0.421. The van der Waals surface area contributed by atoms with Gasteiger partial charge in [0.15, 0.2) is 0 Å². The molecular formula is C19H24N2O6. The van der Waals surface area contributed by atoms with Crippen LogP contribution in [0.3, 0.4) is 0 Å². The Kier molecular flexibility index (Phi) is 7.36. The van der Waals surface area contributed by atoms with E-state index in [1.54, 1.807) is 25.4 Å². The summed E-state index contributed by atoms with van der Waals surface area (Å²) in [6.07, 6.45) is 2.49. The molecule has 0 aliphatic rings. The van der Waals surface area contributed by atoms with Crippen LogP contribution in [0.4, 0.5) is 4.79 Å². The SMILES string of the molecule is COc1ccc2c(c1)c(CCN(C)C)cn2C(=O)OCOC(=O)CCC=O. The van der Waals surface area contributed by atoms with Gasteiger partial charge in [-0.1, -0.05) is 0 Å². The number of benzene rings is 1. The van der Waals surface area contributed by atoms with Gasteiger partial charge >= 0.3 is 12.1 Å². The summed E-state index contributed by atoms with van der Waals surface area (Å²) in [6.45, 7) is 0.319. The fourth-order valence-electron chi connectivity index (χ4n) is 2.56. The average Bonchev–Trinajstić information content (AvgIpc) is 3.02. The maximum Gasteiger partial charge on any atom is 0.421 e. The first-order valence-corrected chi connectivity index (χ1v) is 8.55. The van der Waals surface area contributed by atoms with Gasteiger partial charge in [-0.05, 0) is 44.3 Å². The summed E-state index contributed by atoms with van der Waals surface area (Å²) < 4.78 is 16.5. The highest BCUT2D eigenvalue weighted by atomic mass is 16.7. The Balaban J connectivity index is 2.15. The second-order valence-corrected chi connectivity index (χ2v) is 6.21. The first-order chi connectivity index (χ1) is 13.0. The molecule has 0 saturated heterocycles. The molecule has 0 unspecified atom stereocenters. The molecule has 1 heterocycles. The van der Waals surface area contributed by atoms with Crippen molar-refractivity contribution in [3.8, 4) is 5.75 Å². The molecule has 0 radical (unpaired) electrons. The summed E-state index contributed by atoms with van der Waals surface area (Å²) in [5.74, 6) is 0.104.